The molecule has 7 heteroatoms. The Morgan fingerprint density at radius 1 is 1.06 bits per heavy atom. The monoisotopic (exact) mass is 450 g/mol. The lowest BCUT2D eigenvalue weighted by Gasteiger charge is -2.15. The minimum Gasteiger partial charge on any atom is -0.441 e. The Bertz CT molecular complexity index is 1260. The molecule has 0 aliphatic heterocycles. The molecule has 4 aromatic rings. The third-order valence-corrected chi connectivity index (χ3v) is 5.38. The van der Waals surface area contributed by atoms with E-state index in [-0.39, 0.29) is 5.76 Å². The van der Waals surface area contributed by atoms with Crippen LogP contribution >= 0.6 is 11.6 Å². The van der Waals surface area contributed by atoms with E-state index in [1.54, 1.807) is 44.2 Å². The second-order valence-electron chi connectivity index (χ2n) is 7.23. The second-order valence-corrected chi connectivity index (χ2v) is 7.63. The van der Waals surface area contributed by atoms with Crippen LogP contribution in [0.25, 0.3) is 22.5 Å². The standard InChI is InChI=1S/C25H20ClFN2O3/c1-15-23(28-25(30)31-16(2)19-10-6-7-11-21(19)26)24(32-29-15)18-12-13-20(22(27)14-18)17-8-4-3-5-9-17/h3-14,16H,1-2H3,(H,28,30)/t16-/m1/s1. The van der Waals surface area contributed by atoms with E-state index in [1.165, 1.54) is 6.07 Å². The molecule has 32 heavy (non-hydrogen) atoms. The highest BCUT2D eigenvalue weighted by molar-refractivity contribution is 6.31. The lowest BCUT2D eigenvalue weighted by molar-refractivity contribution is 0.121. The van der Waals surface area contributed by atoms with Crippen LogP contribution in [0.1, 0.15) is 24.3 Å². The van der Waals surface area contributed by atoms with Gasteiger partial charge in [-0.25, -0.2) is 9.18 Å². The van der Waals surface area contributed by atoms with Crippen molar-refractivity contribution in [1.82, 2.24) is 5.16 Å². The summed E-state index contributed by atoms with van der Waals surface area (Å²) < 4.78 is 25.7. The van der Waals surface area contributed by atoms with E-state index in [1.807, 2.05) is 36.4 Å². The van der Waals surface area contributed by atoms with Crippen molar-refractivity contribution < 1.29 is 18.4 Å². The Kier molecular flexibility index (Phi) is 6.23. The SMILES string of the molecule is Cc1noc(-c2ccc(-c3ccccc3)c(F)c2)c1NC(=O)O[C@H](C)c1ccccc1Cl. The molecule has 162 valence electrons. The van der Waals surface area contributed by atoms with Crippen molar-refractivity contribution in [1.29, 1.82) is 0 Å². The van der Waals surface area contributed by atoms with Gasteiger partial charge in [-0.3, -0.25) is 5.32 Å². The van der Waals surface area contributed by atoms with E-state index in [9.17, 15) is 9.18 Å². The molecule has 0 bridgehead atoms. The molecule has 1 atom stereocenters. The third kappa shape index (κ3) is 4.50. The van der Waals surface area contributed by atoms with Gasteiger partial charge in [-0.15, -0.1) is 0 Å². The molecule has 0 spiro atoms. The third-order valence-electron chi connectivity index (χ3n) is 5.03. The number of aromatic nitrogens is 1. The molecule has 1 heterocycles. The first kappa shape index (κ1) is 21.6. The fourth-order valence-electron chi connectivity index (χ4n) is 3.38. The minimum atomic E-state index is -0.702. The molecule has 0 radical (unpaired) electrons. The highest BCUT2D eigenvalue weighted by atomic mass is 35.5. The Balaban J connectivity index is 1.55. The van der Waals surface area contributed by atoms with Gasteiger partial charge in [0.2, 0.25) is 0 Å². The summed E-state index contributed by atoms with van der Waals surface area (Å²) >= 11 is 6.18. The van der Waals surface area contributed by atoms with Crippen molar-refractivity contribution in [3.8, 4) is 22.5 Å². The molecule has 0 unspecified atom stereocenters. The summed E-state index contributed by atoms with van der Waals surface area (Å²) in [5.74, 6) is -0.174. The van der Waals surface area contributed by atoms with Crippen molar-refractivity contribution in [2.75, 3.05) is 5.32 Å². The lowest BCUT2D eigenvalue weighted by atomic mass is 10.0. The van der Waals surface area contributed by atoms with Crippen LogP contribution in [0.4, 0.5) is 14.9 Å². The molecule has 0 aliphatic carbocycles. The van der Waals surface area contributed by atoms with Crippen LogP contribution in [0.3, 0.4) is 0 Å². The van der Waals surface area contributed by atoms with Crippen LogP contribution in [0, 0.1) is 12.7 Å². The summed E-state index contributed by atoms with van der Waals surface area (Å²) in [6.45, 7) is 3.40. The maximum Gasteiger partial charge on any atom is 0.412 e. The Morgan fingerprint density at radius 2 is 1.78 bits per heavy atom. The molecule has 5 nitrogen and oxygen atoms in total. The van der Waals surface area contributed by atoms with E-state index in [2.05, 4.69) is 10.5 Å². The fourth-order valence-corrected chi connectivity index (χ4v) is 3.67. The van der Waals surface area contributed by atoms with Crippen molar-refractivity contribution in [3.05, 3.63) is 94.9 Å². The fraction of sp³-hybridized carbons (Fsp3) is 0.120. The predicted octanol–water partition coefficient (Wildman–Crippen LogP) is 7.42. The first-order chi connectivity index (χ1) is 15.4. The number of carbonyl (C=O) groups is 1. The average Bonchev–Trinajstić information content (AvgIpc) is 3.14. The topological polar surface area (TPSA) is 64.4 Å². The first-order valence-electron chi connectivity index (χ1n) is 9.97. The first-order valence-corrected chi connectivity index (χ1v) is 10.4. The molecule has 1 N–H and O–H groups in total. The second kappa shape index (κ2) is 9.24. The van der Waals surface area contributed by atoms with Crippen molar-refractivity contribution in [3.63, 3.8) is 0 Å². The summed E-state index contributed by atoms with van der Waals surface area (Å²) in [6, 6.07) is 21.1. The number of benzene rings is 3. The molecule has 0 fully saturated rings. The van der Waals surface area contributed by atoms with Crippen molar-refractivity contribution in [2.24, 2.45) is 0 Å². The molecule has 0 saturated heterocycles. The van der Waals surface area contributed by atoms with Gasteiger partial charge in [-0.1, -0.05) is 77.4 Å². The highest BCUT2D eigenvalue weighted by Crippen LogP contribution is 2.34. The molecule has 1 aromatic heterocycles. The van der Waals surface area contributed by atoms with Gasteiger partial charge in [0.25, 0.3) is 0 Å². The molecular weight excluding hydrogens is 431 g/mol. The van der Waals surface area contributed by atoms with Gasteiger partial charge in [0.1, 0.15) is 23.3 Å². The van der Waals surface area contributed by atoms with Gasteiger partial charge in [0.15, 0.2) is 5.76 Å². The molecular formula is C25H20ClFN2O3. The van der Waals surface area contributed by atoms with Crippen molar-refractivity contribution in [2.45, 2.75) is 20.0 Å². The summed E-state index contributed by atoms with van der Waals surface area (Å²) in [4.78, 5) is 12.5. The molecule has 0 aliphatic rings. The zero-order valence-electron chi connectivity index (χ0n) is 17.4. The normalized spacial score (nSPS) is 11.8. The number of carbonyl (C=O) groups excluding carboxylic acids is 1. The van der Waals surface area contributed by atoms with Gasteiger partial charge >= 0.3 is 6.09 Å². The van der Waals surface area contributed by atoms with Crippen LogP contribution in [-0.4, -0.2) is 11.2 Å². The number of hydrogen-bond acceptors (Lipinski definition) is 4. The number of nitrogens with zero attached hydrogens (tertiary/aromatic N) is 1. The van der Waals surface area contributed by atoms with Crippen LogP contribution < -0.4 is 5.32 Å². The zero-order chi connectivity index (χ0) is 22.7. The Hall–Kier alpha value is -3.64. The van der Waals surface area contributed by atoms with Crippen molar-refractivity contribution >= 4 is 23.4 Å². The van der Waals surface area contributed by atoms with Gasteiger partial charge in [0, 0.05) is 21.7 Å². The lowest BCUT2D eigenvalue weighted by Crippen LogP contribution is -2.17. The number of nitrogens with one attached hydrogen (secondary N) is 1. The number of hydrogen-bond donors (Lipinski definition) is 1. The highest BCUT2D eigenvalue weighted by Gasteiger charge is 2.21. The molecule has 4 rings (SSSR count). The largest absolute Gasteiger partial charge is 0.441 e. The number of ether oxygens (including phenoxy) is 1. The van der Waals surface area contributed by atoms with E-state index < -0.39 is 18.0 Å². The molecule has 1 amide bonds. The number of rotatable bonds is 5. The van der Waals surface area contributed by atoms with E-state index in [0.29, 0.717) is 33.1 Å². The quantitative estimate of drug-likeness (QED) is 0.343. The van der Waals surface area contributed by atoms with Crippen LogP contribution in [0.2, 0.25) is 5.02 Å². The predicted molar refractivity (Wildman–Crippen MR) is 122 cm³/mol. The zero-order valence-corrected chi connectivity index (χ0v) is 18.2. The van der Waals surface area contributed by atoms with Crippen LogP contribution in [0.5, 0.6) is 0 Å². The number of anilines is 1. The molecule has 0 saturated carbocycles. The summed E-state index contributed by atoms with van der Waals surface area (Å²) in [6.07, 6.45) is -1.28. The van der Waals surface area contributed by atoms with Crippen LogP contribution in [0.15, 0.2) is 77.3 Å². The minimum absolute atomic E-state index is 0.239. The smallest absolute Gasteiger partial charge is 0.412 e. The summed E-state index contributed by atoms with van der Waals surface area (Å²) in [5, 5.41) is 7.08. The van der Waals surface area contributed by atoms with E-state index >= 15 is 0 Å². The average molecular weight is 451 g/mol. The number of halogens is 2. The van der Waals surface area contributed by atoms with Crippen LogP contribution in [-0.2, 0) is 4.74 Å². The number of amides is 1. The van der Waals surface area contributed by atoms with E-state index in [4.69, 9.17) is 20.9 Å². The van der Waals surface area contributed by atoms with Gasteiger partial charge in [0.05, 0.1) is 0 Å². The summed E-state index contributed by atoms with van der Waals surface area (Å²) in [7, 11) is 0. The Labute approximate surface area is 189 Å². The Morgan fingerprint density at radius 3 is 2.50 bits per heavy atom. The van der Waals surface area contributed by atoms with E-state index in [0.717, 1.165) is 5.56 Å². The summed E-state index contributed by atoms with van der Waals surface area (Å²) in [5.41, 5.74) is 3.11. The maximum absolute atomic E-state index is 14.8. The van der Waals surface area contributed by atoms with Gasteiger partial charge < -0.3 is 9.26 Å². The molecule has 3 aromatic carbocycles. The number of aryl methyl sites for hydroxylation is 1. The van der Waals surface area contributed by atoms with Gasteiger partial charge in [-0.2, -0.15) is 0 Å². The van der Waals surface area contributed by atoms with Gasteiger partial charge in [-0.05, 0) is 31.5 Å². The maximum atomic E-state index is 14.8.